The molecular formula is C21H28N2S. The molecule has 0 N–H and O–H groups in total. The normalized spacial score (nSPS) is 15.7. The van der Waals surface area contributed by atoms with Crippen LogP contribution in [0.3, 0.4) is 0 Å². The molecule has 1 unspecified atom stereocenters. The molecule has 2 nitrogen and oxygen atoms in total. The number of nitriles is 1. The molecule has 2 aromatic rings. The zero-order valence-corrected chi connectivity index (χ0v) is 16.1. The molecule has 2 heterocycles. The van der Waals surface area contributed by atoms with Gasteiger partial charge in [-0.3, -0.25) is 0 Å². The maximum absolute atomic E-state index is 7.74. The summed E-state index contributed by atoms with van der Waals surface area (Å²) in [5.41, 5.74) is 3.00. The Balaban J connectivity index is 0.000000356. The van der Waals surface area contributed by atoms with Crippen molar-refractivity contribution in [3.8, 4) is 6.07 Å². The fraction of sp³-hybridized carbons (Fsp3) is 0.381. The van der Waals surface area contributed by atoms with Gasteiger partial charge in [0.05, 0.1) is 12.5 Å². The standard InChI is InChI=1S/C15H17NS.C4H5N.C2H6/c1-11-8-13-14(12-6-4-3-5-7-12)9-16(2)10-15(13)17-11;1-2-3-4-5;1-2/h3-8,14H,9-10H2,1-2H3;2H,1,3H2;1-2H3. The molecule has 1 aromatic heterocycles. The van der Waals surface area contributed by atoms with E-state index in [0.29, 0.717) is 12.3 Å². The van der Waals surface area contributed by atoms with Gasteiger partial charge in [0.15, 0.2) is 0 Å². The molecule has 0 spiro atoms. The fourth-order valence-electron chi connectivity index (χ4n) is 2.76. The number of fused-ring (bicyclic) bond motifs is 1. The first-order chi connectivity index (χ1) is 11.7. The monoisotopic (exact) mass is 340 g/mol. The lowest BCUT2D eigenvalue weighted by Crippen LogP contribution is -2.29. The molecule has 0 fully saturated rings. The van der Waals surface area contributed by atoms with Gasteiger partial charge < -0.3 is 4.90 Å². The van der Waals surface area contributed by atoms with E-state index in [9.17, 15) is 0 Å². The molecule has 3 rings (SSSR count). The summed E-state index contributed by atoms with van der Waals surface area (Å²) in [5.74, 6) is 0.551. The van der Waals surface area contributed by atoms with Crippen molar-refractivity contribution in [2.24, 2.45) is 0 Å². The van der Waals surface area contributed by atoms with Crippen LogP contribution in [0.4, 0.5) is 0 Å². The van der Waals surface area contributed by atoms with Crippen molar-refractivity contribution in [3.05, 3.63) is 69.9 Å². The van der Waals surface area contributed by atoms with E-state index in [1.807, 2.05) is 31.3 Å². The van der Waals surface area contributed by atoms with E-state index in [4.69, 9.17) is 5.26 Å². The summed E-state index contributed by atoms with van der Waals surface area (Å²) in [6.45, 7) is 11.8. The summed E-state index contributed by atoms with van der Waals surface area (Å²) < 4.78 is 0. The van der Waals surface area contributed by atoms with Crippen molar-refractivity contribution in [1.82, 2.24) is 4.90 Å². The van der Waals surface area contributed by atoms with Gasteiger partial charge in [-0.15, -0.1) is 17.9 Å². The smallest absolute Gasteiger partial charge is 0.0663 e. The van der Waals surface area contributed by atoms with E-state index in [2.05, 4.69) is 61.8 Å². The number of nitrogens with zero attached hydrogens (tertiary/aromatic N) is 2. The second kappa shape index (κ2) is 10.8. The Morgan fingerprint density at radius 3 is 2.54 bits per heavy atom. The van der Waals surface area contributed by atoms with Gasteiger partial charge in [0.1, 0.15) is 0 Å². The van der Waals surface area contributed by atoms with Gasteiger partial charge in [-0.1, -0.05) is 50.3 Å². The van der Waals surface area contributed by atoms with E-state index in [1.54, 1.807) is 16.5 Å². The second-order valence-electron chi connectivity index (χ2n) is 5.55. The number of likely N-dealkylation sites (N-methyl/N-ethyl adjacent to an activating group) is 1. The molecule has 0 aliphatic carbocycles. The zero-order valence-electron chi connectivity index (χ0n) is 15.2. The number of hydrogen-bond acceptors (Lipinski definition) is 3. The summed E-state index contributed by atoms with van der Waals surface area (Å²) in [6.07, 6.45) is 2.03. The van der Waals surface area contributed by atoms with Crippen LogP contribution in [0.1, 0.15) is 47.1 Å². The SMILES string of the molecule is C=CCC#N.CC.Cc1cc2c(s1)CN(C)CC2c1ccccc1. The molecule has 1 aliphatic heterocycles. The van der Waals surface area contributed by atoms with Gasteiger partial charge in [-0.25, -0.2) is 0 Å². The van der Waals surface area contributed by atoms with Crippen molar-refractivity contribution >= 4 is 11.3 Å². The summed E-state index contributed by atoms with van der Waals surface area (Å²) in [4.78, 5) is 5.41. The maximum atomic E-state index is 7.74. The lowest BCUT2D eigenvalue weighted by molar-refractivity contribution is 0.299. The molecular weight excluding hydrogens is 312 g/mol. The quantitative estimate of drug-likeness (QED) is 0.651. The highest BCUT2D eigenvalue weighted by Crippen LogP contribution is 2.37. The van der Waals surface area contributed by atoms with Crippen molar-refractivity contribution in [3.63, 3.8) is 0 Å². The topological polar surface area (TPSA) is 27.0 Å². The third-order valence-corrected chi connectivity index (χ3v) is 4.74. The van der Waals surface area contributed by atoms with Crippen LogP contribution in [0.15, 0.2) is 49.1 Å². The Hall–Kier alpha value is -1.89. The molecule has 1 aromatic carbocycles. The van der Waals surface area contributed by atoms with Crippen molar-refractivity contribution < 1.29 is 0 Å². The predicted molar refractivity (Wildman–Crippen MR) is 105 cm³/mol. The van der Waals surface area contributed by atoms with Crippen LogP contribution in [-0.4, -0.2) is 18.5 Å². The van der Waals surface area contributed by atoms with E-state index in [1.165, 1.54) is 10.4 Å². The Kier molecular flexibility index (Phi) is 9.07. The highest BCUT2D eigenvalue weighted by molar-refractivity contribution is 7.12. The molecule has 0 bridgehead atoms. The van der Waals surface area contributed by atoms with Crippen LogP contribution < -0.4 is 0 Å². The van der Waals surface area contributed by atoms with Crippen molar-refractivity contribution in [2.45, 2.75) is 39.7 Å². The minimum Gasteiger partial charge on any atom is -0.300 e. The fourth-order valence-corrected chi connectivity index (χ4v) is 3.93. The minimum absolute atomic E-state index is 0.458. The van der Waals surface area contributed by atoms with Gasteiger partial charge in [0.2, 0.25) is 0 Å². The molecule has 1 atom stereocenters. The van der Waals surface area contributed by atoms with E-state index in [0.717, 1.165) is 13.1 Å². The number of hydrogen-bond donors (Lipinski definition) is 0. The summed E-state index contributed by atoms with van der Waals surface area (Å²) in [5, 5.41) is 7.74. The first kappa shape index (κ1) is 20.2. The Morgan fingerprint density at radius 1 is 1.33 bits per heavy atom. The Morgan fingerprint density at radius 2 is 2.00 bits per heavy atom. The predicted octanol–water partition coefficient (Wildman–Crippen LogP) is 5.75. The average molecular weight is 341 g/mol. The summed E-state index contributed by atoms with van der Waals surface area (Å²) in [6, 6.07) is 15.2. The number of allylic oxidation sites excluding steroid dienone is 1. The first-order valence-electron chi connectivity index (χ1n) is 8.46. The van der Waals surface area contributed by atoms with E-state index < -0.39 is 0 Å². The lowest BCUT2D eigenvalue weighted by atomic mass is 9.88. The molecule has 0 saturated carbocycles. The highest BCUT2D eigenvalue weighted by Gasteiger charge is 2.26. The summed E-state index contributed by atoms with van der Waals surface area (Å²) >= 11 is 1.95. The van der Waals surface area contributed by atoms with Gasteiger partial charge in [-0.05, 0) is 31.2 Å². The second-order valence-corrected chi connectivity index (χ2v) is 6.89. The largest absolute Gasteiger partial charge is 0.300 e. The number of benzene rings is 1. The van der Waals surface area contributed by atoms with E-state index in [-0.39, 0.29) is 0 Å². The van der Waals surface area contributed by atoms with E-state index >= 15 is 0 Å². The molecule has 24 heavy (non-hydrogen) atoms. The highest BCUT2D eigenvalue weighted by atomic mass is 32.1. The van der Waals surface area contributed by atoms with Crippen molar-refractivity contribution in [2.75, 3.05) is 13.6 Å². The average Bonchev–Trinajstić information content (AvgIpc) is 2.98. The third-order valence-electron chi connectivity index (χ3n) is 3.69. The zero-order chi connectivity index (χ0) is 17.9. The maximum Gasteiger partial charge on any atom is 0.0663 e. The number of rotatable bonds is 2. The van der Waals surface area contributed by atoms with Crippen LogP contribution in [0.25, 0.3) is 0 Å². The van der Waals surface area contributed by atoms with Gasteiger partial charge >= 0.3 is 0 Å². The third kappa shape index (κ3) is 5.63. The lowest BCUT2D eigenvalue weighted by Gasteiger charge is -2.30. The first-order valence-corrected chi connectivity index (χ1v) is 9.28. The van der Waals surface area contributed by atoms with Gasteiger partial charge in [0.25, 0.3) is 0 Å². The molecule has 0 radical (unpaired) electrons. The molecule has 3 heteroatoms. The van der Waals surface area contributed by atoms with Gasteiger partial charge in [0, 0.05) is 28.8 Å². The number of thiophene rings is 1. The van der Waals surface area contributed by atoms with Crippen LogP contribution >= 0.6 is 11.3 Å². The molecule has 0 saturated heterocycles. The van der Waals surface area contributed by atoms with Gasteiger partial charge in [-0.2, -0.15) is 5.26 Å². The Bertz CT molecular complexity index is 652. The van der Waals surface area contributed by atoms with Crippen LogP contribution in [0.2, 0.25) is 0 Å². The van der Waals surface area contributed by atoms with Crippen LogP contribution in [0, 0.1) is 18.3 Å². The van der Waals surface area contributed by atoms with Crippen molar-refractivity contribution in [1.29, 1.82) is 5.26 Å². The summed E-state index contributed by atoms with van der Waals surface area (Å²) in [7, 11) is 2.22. The van der Waals surface area contributed by atoms with Crippen LogP contribution in [-0.2, 0) is 6.54 Å². The number of aryl methyl sites for hydroxylation is 1. The molecule has 128 valence electrons. The molecule has 0 amide bonds. The minimum atomic E-state index is 0.458. The molecule has 1 aliphatic rings. The Labute approximate surface area is 151 Å². The van der Waals surface area contributed by atoms with Crippen LogP contribution in [0.5, 0.6) is 0 Å².